The molecule has 1 saturated heterocycles. The van der Waals surface area contributed by atoms with E-state index in [1.165, 1.54) is 4.90 Å². The molecule has 2 fully saturated rings. The maximum Gasteiger partial charge on any atom is 0.239 e. The molecule has 1 heterocycles. The third-order valence-electron chi connectivity index (χ3n) is 7.92. The number of anilines is 1. The van der Waals surface area contributed by atoms with Gasteiger partial charge in [0.1, 0.15) is 0 Å². The number of allylic oxidation sites excluding steroid dienone is 2. The molecule has 0 aromatic heterocycles. The Kier molecular flexibility index (Phi) is 3.98. The normalized spacial score (nSPS) is 30.4. The van der Waals surface area contributed by atoms with Crippen LogP contribution in [0.1, 0.15) is 25.0 Å². The quantitative estimate of drug-likeness (QED) is 0.546. The van der Waals surface area contributed by atoms with Crippen molar-refractivity contribution in [1.29, 1.82) is 0 Å². The van der Waals surface area contributed by atoms with E-state index in [0.717, 1.165) is 22.3 Å². The van der Waals surface area contributed by atoms with Gasteiger partial charge in [0.2, 0.25) is 11.8 Å². The Morgan fingerprint density at radius 1 is 0.576 bits per heavy atom. The maximum atomic E-state index is 14.2. The summed E-state index contributed by atoms with van der Waals surface area (Å²) in [5.41, 5.74) is 1.99. The van der Waals surface area contributed by atoms with Crippen LogP contribution in [0.15, 0.2) is 91.0 Å². The highest BCUT2D eigenvalue weighted by molar-refractivity contribution is 6.34. The van der Waals surface area contributed by atoms with Gasteiger partial charge in [-0.3, -0.25) is 14.4 Å². The molecule has 3 aromatic carbocycles. The SMILES string of the molecule is C[C@]12C(=O)[C@](C)(C(c3ccccc3)=C1c1ccccc1)[C@@H]1C(=O)N(c3ccccc3)C(=O)[C@H]12. The molecule has 2 bridgehead atoms. The van der Waals surface area contributed by atoms with Crippen LogP contribution in [0.3, 0.4) is 0 Å². The highest BCUT2D eigenvalue weighted by Gasteiger charge is 2.78. The van der Waals surface area contributed by atoms with E-state index < -0.39 is 22.7 Å². The summed E-state index contributed by atoms with van der Waals surface area (Å²) in [4.78, 5) is 43.1. The molecule has 3 aliphatic rings. The topological polar surface area (TPSA) is 54.5 Å². The van der Waals surface area contributed by atoms with Gasteiger partial charge in [-0.15, -0.1) is 0 Å². The minimum atomic E-state index is -1.08. The molecule has 3 aromatic rings. The van der Waals surface area contributed by atoms with Crippen LogP contribution in [0.4, 0.5) is 5.69 Å². The number of fused-ring (bicyclic) bond motifs is 5. The fraction of sp³-hybridized carbons (Fsp3) is 0.207. The highest BCUT2D eigenvalue weighted by Crippen LogP contribution is 2.73. The number of carbonyl (C=O) groups excluding carboxylic acids is 3. The van der Waals surface area contributed by atoms with Crippen LogP contribution in [0.25, 0.3) is 11.1 Å². The zero-order chi connectivity index (χ0) is 23.0. The number of rotatable bonds is 3. The second kappa shape index (κ2) is 6.61. The smallest absolute Gasteiger partial charge is 0.239 e. The van der Waals surface area contributed by atoms with E-state index in [9.17, 15) is 14.4 Å². The Labute approximate surface area is 192 Å². The van der Waals surface area contributed by atoms with Crippen LogP contribution in [0, 0.1) is 22.7 Å². The Morgan fingerprint density at radius 2 is 0.939 bits per heavy atom. The first kappa shape index (κ1) is 19.9. The Balaban J connectivity index is 1.64. The molecule has 162 valence electrons. The number of para-hydroxylation sites is 1. The summed E-state index contributed by atoms with van der Waals surface area (Å²) in [6.07, 6.45) is 0. The first-order chi connectivity index (χ1) is 15.9. The van der Waals surface area contributed by atoms with E-state index in [4.69, 9.17) is 0 Å². The molecule has 0 spiro atoms. The molecule has 6 rings (SSSR count). The average Bonchev–Trinajstić information content (AvgIpc) is 3.30. The molecule has 1 aliphatic heterocycles. The zero-order valence-electron chi connectivity index (χ0n) is 18.5. The van der Waals surface area contributed by atoms with Crippen molar-refractivity contribution < 1.29 is 14.4 Å². The van der Waals surface area contributed by atoms with E-state index in [1.807, 2.05) is 92.7 Å². The van der Waals surface area contributed by atoms with Crippen LogP contribution < -0.4 is 4.90 Å². The van der Waals surface area contributed by atoms with Crippen molar-refractivity contribution in [2.24, 2.45) is 22.7 Å². The van der Waals surface area contributed by atoms with Gasteiger partial charge in [-0.05, 0) is 48.3 Å². The summed E-state index contributed by atoms with van der Waals surface area (Å²) in [6.45, 7) is 3.74. The third kappa shape index (κ3) is 2.28. The molecule has 0 unspecified atom stereocenters. The predicted octanol–water partition coefficient (Wildman–Crippen LogP) is 5.01. The van der Waals surface area contributed by atoms with Crippen molar-refractivity contribution in [2.45, 2.75) is 13.8 Å². The largest absolute Gasteiger partial charge is 0.298 e. The zero-order valence-corrected chi connectivity index (χ0v) is 18.5. The van der Waals surface area contributed by atoms with Crippen molar-refractivity contribution >= 4 is 34.4 Å². The predicted molar refractivity (Wildman–Crippen MR) is 127 cm³/mol. The molecule has 0 radical (unpaired) electrons. The standard InChI is InChI=1S/C29H23NO3/c1-28-21(18-12-6-3-7-13-18)22(19-14-8-4-9-15-19)29(2,27(28)33)24-23(28)25(31)30(26(24)32)20-16-10-5-11-17-20/h3-17,23-24H,1-2H3/t23-,24-,28-,29+/m0/s1. The lowest BCUT2D eigenvalue weighted by Crippen LogP contribution is -2.40. The van der Waals surface area contributed by atoms with Gasteiger partial charge in [-0.1, -0.05) is 78.9 Å². The monoisotopic (exact) mass is 433 g/mol. The summed E-state index contributed by atoms with van der Waals surface area (Å²) in [7, 11) is 0. The van der Waals surface area contributed by atoms with Gasteiger partial charge < -0.3 is 0 Å². The number of hydrogen-bond acceptors (Lipinski definition) is 3. The molecule has 4 nitrogen and oxygen atoms in total. The fourth-order valence-electron chi connectivity index (χ4n) is 6.64. The molecular formula is C29H23NO3. The lowest BCUT2D eigenvalue weighted by atomic mass is 9.63. The van der Waals surface area contributed by atoms with Crippen LogP contribution in [0.5, 0.6) is 0 Å². The molecule has 2 amide bonds. The number of nitrogens with zero attached hydrogens (tertiary/aromatic N) is 1. The molecular weight excluding hydrogens is 410 g/mol. The number of hydrogen-bond donors (Lipinski definition) is 0. The van der Waals surface area contributed by atoms with Crippen molar-refractivity contribution in [1.82, 2.24) is 0 Å². The van der Waals surface area contributed by atoms with Gasteiger partial charge in [-0.25, -0.2) is 4.90 Å². The Morgan fingerprint density at radius 3 is 1.33 bits per heavy atom. The number of Topliss-reactive ketones (excluding diaryl/α,β-unsaturated/α-hetero) is 1. The Bertz CT molecular complexity index is 1260. The van der Waals surface area contributed by atoms with Crippen LogP contribution >= 0.6 is 0 Å². The lowest BCUT2D eigenvalue weighted by Gasteiger charge is -2.35. The van der Waals surface area contributed by atoms with Crippen molar-refractivity contribution in [3.8, 4) is 0 Å². The van der Waals surface area contributed by atoms with Crippen molar-refractivity contribution in [3.63, 3.8) is 0 Å². The first-order valence-corrected chi connectivity index (χ1v) is 11.3. The minimum Gasteiger partial charge on any atom is -0.298 e. The van der Waals surface area contributed by atoms with E-state index in [-0.39, 0.29) is 17.6 Å². The maximum absolute atomic E-state index is 14.2. The summed E-state index contributed by atoms with van der Waals surface area (Å²) in [5, 5.41) is 0. The lowest BCUT2D eigenvalue weighted by molar-refractivity contribution is -0.133. The van der Waals surface area contributed by atoms with E-state index in [0.29, 0.717) is 5.69 Å². The number of benzene rings is 3. The highest BCUT2D eigenvalue weighted by atomic mass is 16.2. The summed E-state index contributed by atoms with van der Waals surface area (Å²) in [5.74, 6) is -2.03. The summed E-state index contributed by atoms with van der Waals surface area (Å²) in [6, 6.07) is 28.7. The van der Waals surface area contributed by atoms with Crippen molar-refractivity contribution in [2.75, 3.05) is 4.90 Å². The molecule has 33 heavy (non-hydrogen) atoms. The van der Waals surface area contributed by atoms with Gasteiger partial charge in [0.05, 0.1) is 28.4 Å². The van der Waals surface area contributed by atoms with Crippen molar-refractivity contribution in [3.05, 3.63) is 102 Å². The van der Waals surface area contributed by atoms with Gasteiger partial charge in [0, 0.05) is 0 Å². The van der Waals surface area contributed by atoms with Gasteiger partial charge in [0.25, 0.3) is 0 Å². The Hall–Kier alpha value is -3.79. The number of amides is 2. The van der Waals surface area contributed by atoms with Gasteiger partial charge >= 0.3 is 0 Å². The second-order valence-corrected chi connectivity index (χ2v) is 9.52. The van der Waals surface area contributed by atoms with Gasteiger partial charge in [-0.2, -0.15) is 0 Å². The molecule has 4 heteroatoms. The van der Waals surface area contributed by atoms with E-state index >= 15 is 0 Å². The van der Waals surface area contributed by atoms with Crippen LogP contribution in [-0.2, 0) is 14.4 Å². The van der Waals surface area contributed by atoms with Gasteiger partial charge in [0.15, 0.2) is 5.78 Å². The summed E-state index contributed by atoms with van der Waals surface area (Å²) < 4.78 is 0. The number of imide groups is 1. The molecule has 0 N–H and O–H groups in total. The second-order valence-electron chi connectivity index (χ2n) is 9.52. The molecule has 4 atom stereocenters. The summed E-state index contributed by atoms with van der Waals surface area (Å²) >= 11 is 0. The molecule has 2 aliphatic carbocycles. The van der Waals surface area contributed by atoms with E-state index in [1.54, 1.807) is 12.1 Å². The number of carbonyl (C=O) groups is 3. The third-order valence-corrected chi connectivity index (χ3v) is 7.92. The number of ketones is 1. The molecule has 1 saturated carbocycles. The fourth-order valence-corrected chi connectivity index (χ4v) is 6.64. The van der Waals surface area contributed by atoms with E-state index in [2.05, 4.69) is 0 Å². The van der Waals surface area contributed by atoms with Crippen LogP contribution in [-0.4, -0.2) is 17.6 Å². The minimum absolute atomic E-state index is 0.0304. The van der Waals surface area contributed by atoms with Crippen LogP contribution in [0.2, 0.25) is 0 Å². The first-order valence-electron chi connectivity index (χ1n) is 11.3. The average molecular weight is 434 g/mol.